The van der Waals surface area contributed by atoms with Crippen LogP contribution in [0.3, 0.4) is 0 Å². The van der Waals surface area contributed by atoms with Crippen LogP contribution in [0.25, 0.3) is 16.9 Å². The number of ether oxygens (including phenoxy) is 1. The summed E-state index contributed by atoms with van der Waals surface area (Å²) in [6.45, 7) is -0.386. The van der Waals surface area contributed by atoms with Gasteiger partial charge >= 0.3 is 18.4 Å². The highest BCUT2D eigenvalue weighted by Gasteiger charge is 2.41. The SMILES string of the molecule is CN(C(=O)Oc1c(-c2cnn(-c3csc(CO)n3)c2)cc(C(F)(F)F)cc1C(F)(F)F)c1ccc(F)cc1. The van der Waals surface area contributed by atoms with Gasteiger partial charge in [0.2, 0.25) is 0 Å². The second kappa shape index (κ2) is 10.1. The number of carbonyl (C=O) groups excluding carboxylic acids is 1. The molecule has 0 bridgehead atoms. The molecule has 1 N–H and O–H groups in total. The zero-order valence-corrected chi connectivity index (χ0v) is 19.8. The van der Waals surface area contributed by atoms with Gasteiger partial charge in [0.15, 0.2) is 11.6 Å². The van der Waals surface area contributed by atoms with Crippen molar-refractivity contribution in [2.24, 2.45) is 0 Å². The first-order valence-electron chi connectivity index (χ1n) is 10.4. The second-order valence-electron chi connectivity index (χ2n) is 7.73. The number of thiazole rings is 1. The first kappa shape index (κ1) is 27.1. The highest BCUT2D eigenvalue weighted by Crippen LogP contribution is 2.46. The molecule has 0 unspecified atom stereocenters. The highest BCUT2D eigenvalue weighted by atomic mass is 32.1. The molecule has 2 aromatic carbocycles. The highest BCUT2D eigenvalue weighted by molar-refractivity contribution is 7.09. The largest absolute Gasteiger partial charge is 0.420 e. The van der Waals surface area contributed by atoms with E-state index in [0.717, 1.165) is 64.6 Å². The van der Waals surface area contributed by atoms with E-state index in [4.69, 9.17) is 4.74 Å². The van der Waals surface area contributed by atoms with Crippen molar-refractivity contribution in [2.75, 3.05) is 11.9 Å². The van der Waals surface area contributed by atoms with E-state index >= 15 is 0 Å². The lowest BCUT2D eigenvalue weighted by Crippen LogP contribution is -2.30. The third kappa shape index (κ3) is 5.62. The zero-order valence-electron chi connectivity index (χ0n) is 19.0. The van der Waals surface area contributed by atoms with Crippen molar-refractivity contribution in [1.82, 2.24) is 14.8 Å². The van der Waals surface area contributed by atoms with Gasteiger partial charge in [-0.2, -0.15) is 31.4 Å². The van der Waals surface area contributed by atoms with Crippen LogP contribution >= 0.6 is 11.3 Å². The van der Waals surface area contributed by atoms with Crippen molar-refractivity contribution < 1.29 is 45.4 Å². The quantitative estimate of drug-likeness (QED) is 0.290. The Hall–Kier alpha value is -3.98. The number of alkyl halides is 6. The number of halogens is 7. The maximum absolute atomic E-state index is 14.0. The van der Waals surface area contributed by atoms with Gasteiger partial charge in [-0.15, -0.1) is 11.3 Å². The molecule has 2 heterocycles. The van der Waals surface area contributed by atoms with Crippen LogP contribution in [0.5, 0.6) is 5.75 Å². The number of anilines is 1. The summed E-state index contributed by atoms with van der Waals surface area (Å²) >= 11 is 1.06. The van der Waals surface area contributed by atoms with Crippen LogP contribution in [0.2, 0.25) is 0 Å². The van der Waals surface area contributed by atoms with Crippen LogP contribution in [-0.2, 0) is 19.0 Å². The Morgan fingerprint density at radius 3 is 2.37 bits per heavy atom. The van der Waals surface area contributed by atoms with E-state index in [1.54, 1.807) is 0 Å². The Bertz CT molecular complexity index is 1460. The molecule has 0 atom stereocenters. The van der Waals surface area contributed by atoms with Crippen molar-refractivity contribution in [3.05, 3.63) is 76.1 Å². The van der Waals surface area contributed by atoms with Gasteiger partial charge < -0.3 is 9.84 Å². The van der Waals surface area contributed by atoms with E-state index in [2.05, 4.69) is 10.1 Å². The molecular formula is C23H15F7N4O3S. The Labute approximate surface area is 213 Å². The molecule has 2 aromatic heterocycles. The van der Waals surface area contributed by atoms with Crippen molar-refractivity contribution in [2.45, 2.75) is 19.0 Å². The van der Waals surface area contributed by atoms with Crippen molar-refractivity contribution >= 4 is 23.1 Å². The Morgan fingerprint density at radius 2 is 1.79 bits per heavy atom. The molecule has 4 aromatic rings. The Balaban J connectivity index is 1.84. The monoisotopic (exact) mass is 560 g/mol. The summed E-state index contributed by atoms with van der Waals surface area (Å²) in [5.41, 5.74) is -4.37. The summed E-state index contributed by atoms with van der Waals surface area (Å²) in [6.07, 6.45) is -9.80. The topological polar surface area (TPSA) is 80.5 Å². The number of aliphatic hydroxyl groups is 1. The maximum atomic E-state index is 14.0. The van der Waals surface area contributed by atoms with Gasteiger partial charge in [0.05, 0.1) is 23.9 Å². The minimum atomic E-state index is -5.35. The van der Waals surface area contributed by atoms with Crippen molar-refractivity contribution in [3.8, 4) is 22.7 Å². The molecule has 0 aliphatic heterocycles. The lowest BCUT2D eigenvalue weighted by Gasteiger charge is -2.22. The van der Waals surface area contributed by atoms with Crippen molar-refractivity contribution in [1.29, 1.82) is 0 Å². The number of aromatic nitrogens is 3. The predicted octanol–water partition coefficient (Wildman–Crippen LogP) is 6.30. The van der Waals surface area contributed by atoms with Gasteiger partial charge in [-0.3, -0.25) is 4.90 Å². The van der Waals surface area contributed by atoms with Crippen LogP contribution in [0, 0.1) is 5.82 Å². The van der Waals surface area contributed by atoms with Gasteiger partial charge in [0, 0.05) is 35.4 Å². The lowest BCUT2D eigenvalue weighted by molar-refractivity contribution is -0.143. The molecular weight excluding hydrogens is 545 g/mol. The average Bonchev–Trinajstić information content (AvgIpc) is 3.52. The lowest BCUT2D eigenvalue weighted by atomic mass is 9.99. The number of rotatable bonds is 5. The van der Waals surface area contributed by atoms with Crippen molar-refractivity contribution in [3.63, 3.8) is 0 Å². The van der Waals surface area contributed by atoms with Crippen LogP contribution < -0.4 is 9.64 Å². The molecule has 0 fully saturated rings. The van der Waals surface area contributed by atoms with E-state index in [1.165, 1.54) is 5.38 Å². The van der Waals surface area contributed by atoms with Gasteiger partial charge in [-0.05, 0) is 36.4 Å². The van der Waals surface area contributed by atoms with E-state index in [0.29, 0.717) is 11.1 Å². The number of hydrogen-bond donors (Lipinski definition) is 1. The third-order valence-electron chi connectivity index (χ3n) is 5.20. The predicted molar refractivity (Wildman–Crippen MR) is 121 cm³/mol. The van der Waals surface area contributed by atoms with Crippen LogP contribution in [0.15, 0.2) is 54.2 Å². The molecule has 0 saturated carbocycles. The fourth-order valence-corrected chi connectivity index (χ4v) is 3.94. The molecule has 38 heavy (non-hydrogen) atoms. The van der Waals surface area contributed by atoms with Gasteiger partial charge in [-0.25, -0.2) is 18.9 Å². The smallest absolute Gasteiger partial charge is 0.409 e. The number of nitrogens with zero attached hydrogens (tertiary/aromatic N) is 4. The minimum Gasteiger partial charge on any atom is -0.409 e. The molecule has 0 aliphatic rings. The summed E-state index contributed by atoms with van der Waals surface area (Å²) in [5.74, 6) is -1.66. The number of benzene rings is 2. The molecule has 0 saturated heterocycles. The number of amides is 1. The van der Waals surface area contributed by atoms with E-state index < -0.39 is 46.7 Å². The number of aliphatic hydroxyl groups excluding tert-OH is 1. The molecule has 15 heteroatoms. The maximum Gasteiger partial charge on any atom is 0.420 e. The molecule has 7 nitrogen and oxygen atoms in total. The minimum absolute atomic E-state index is 0.0504. The average molecular weight is 560 g/mol. The molecule has 0 aliphatic carbocycles. The van der Waals surface area contributed by atoms with Crippen LogP contribution in [0.4, 0.5) is 41.2 Å². The molecule has 200 valence electrons. The summed E-state index contributed by atoms with van der Waals surface area (Å²) < 4.78 is 102. The Kier molecular flexibility index (Phi) is 7.16. The molecule has 0 radical (unpaired) electrons. The third-order valence-corrected chi connectivity index (χ3v) is 6.02. The van der Waals surface area contributed by atoms with Gasteiger partial charge in [-0.1, -0.05) is 0 Å². The van der Waals surface area contributed by atoms with E-state index in [1.807, 2.05) is 0 Å². The van der Waals surface area contributed by atoms with Crippen LogP contribution in [-0.4, -0.2) is 33.0 Å². The first-order chi connectivity index (χ1) is 17.8. The van der Waals surface area contributed by atoms with E-state index in [-0.39, 0.29) is 29.7 Å². The molecule has 4 rings (SSSR count). The zero-order chi connectivity index (χ0) is 27.8. The summed E-state index contributed by atoms with van der Waals surface area (Å²) in [6, 6.07) is 4.58. The molecule has 0 spiro atoms. The van der Waals surface area contributed by atoms with Gasteiger partial charge in [0.25, 0.3) is 0 Å². The van der Waals surface area contributed by atoms with Crippen LogP contribution in [0.1, 0.15) is 16.1 Å². The number of carbonyl (C=O) groups is 1. The summed E-state index contributed by atoms with van der Waals surface area (Å²) in [4.78, 5) is 17.6. The van der Waals surface area contributed by atoms with E-state index in [9.17, 15) is 40.6 Å². The standard InChI is InChI=1S/C23H15F7N4O3S/c1-33(15-4-2-14(24)3-5-15)21(36)37-20-16(6-13(22(25,26)27)7-17(20)23(28,29)30)12-8-31-34(9-12)18-11-38-19(10-35)32-18/h2-9,11,35H,10H2,1H3. The molecule has 1 amide bonds. The summed E-state index contributed by atoms with van der Waals surface area (Å²) in [5, 5.41) is 14.9. The first-order valence-corrected chi connectivity index (χ1v) is 11.3. The normalized spacial score (nSPS) is 12.0. The summed E-state index contributed by atoms with van der Waals surface area (Å²) in [7, 11) is 1.13. The fourth-order valence-electron chi connectivity index (χ4n) is 3.32. The second-order valence-corrected chi connectivity index (χ2v) is 8.67. The van der Waals surface area contributed by atoms with Gasteiger partial charge in [0.1, 0.15) is 10.8 Å². The Morgan fingerprint density at radius 1 is 1.11 bits per heavy atom. The fraction of sp³-hybridized carbons (Fsp3) is 0.174. The number of hydrogen-bond acceptors (Lipinski definition) is 6.